The molecule has 0 spiro atoms. The lowest BCUT2D eigenvalue weighted by Crippen LogP contribution is -2.43. The van der Waals surface area contributed by atoms with Crippen LogP contribution in [-0.4, -0.2) is 42.8 Å². The van der Waals surface area contributed by atoms with Crippen molar-refractivity contribution in [2.45, 2.75) is 68.8 Å². The summed E-state index contributed by atoms with van der Waals surface area (Å²) in [4.78, 5) is 1.98. The van der Waals surface area contributed by atoms with E-state index in [-0.39, 0.29) is 17.0 Å². The van der Waals surface area contributed by atoms with Crippen LogP contribution in [0.1, 0.15) is 51.9 Å². The Hall–Kier alpha value is -0.620. The molecule has 0 radical (unpaired) electrons. The third kappa shape index (κ3) is 4.92. The fourth-order valence-corrected chi connectivity index (χ4v) is 7.54. The van der Waals surface area contributed by atoms with Gasteiger partial charge in [0.25, 0.3) is 0 Å². The summed E-state index contributed by atoms with van der Waals surface area (Å²) in [7, 11) is -3.67. The lowest BCUT2D eigenvalue weighted by molar-refractivity contribution is 0.267. The molecular formula is C20H27Br2N3O2S. The number of benzene rings is 1. The second kappa shape index (κ2) is 9.46. The zero-order valence-corrected chi connectivity index (χ0v) is 20.1. The molecule has 2 aliphatic rings. The highest BCUT2D eigenvalue weighted by Gasteiger charge is 2.39. The topological polar surface area (TPSA) is 64.4 Å². The molecule has 0 aromatic heterocycles. The molecule has 28 heavy (non-hydrogen) atoms. The Balaban J connectivity index is 1.88. The summed E-state index contributed by atoms with van der Waals surface area (Å²) in [5.74, 6) is 0.600. The van der Waals surface area contributed by atoms with E-state index in [9.17, 15) is 13.7 Å². The van der Waals surface area contributed by atoms with E-state index in [0.717, 1.165) is 10.9 Å². The molecule has 8 heteroatoms. The number of halogens is 2. The van der Waals surface area contributed by atoms with Gasteiger partial charge in [0.2, 0.25) is 10.0 Å². The van der Waals surface area contributed by atoms with Crippen molar-refractivity contribution < 1.29 is 8.42 Å². The minimum Gasteiger partial charge on any atom is -0.306 e. The van der Waals surface area contributed by atoms with Crippen molar-refractivity contribution in [1.82, 2.24) is 9.21 Å². The largest absolute Gasteiger partial charge is 0.306 e. The van der Waals surface area contributed by atoms with Gasteiger partial charge in [0.05, 0.1) is 4.90 Å². The molecule has 2 unspecified atom stereocenters. The first kappa shape index (κ1) is 22.1. The maximum Gasteiger partial charge on any atom is 0.244 e. The third-order valence-corrected chi connectivity index (χ3v) is 9.49. The zero-order valence-electron chi connectivity index (χ0n) is 16.2. The molecule has 3 rings (SSSR count). The van der Waals surface area contributed by atoms with Crippen molar-refractivity contribution in [1.29, 1.82) is 5.26 Å². The van der Waals surface area contributed by atoms with E-state index in [1.165, 1.54) is 32.1 Å². The lowest BCUT2D eigenvalue weighted by Gasteiger charge is -2.30. The van der Waals surface area contributed by atoms with Crippen LogP contribution >= 0.6 is 31.9 Å². The van der Waals surface area contributed by atoms with Crippen LogP contribution in [0.3, 0.4) is 0 Å². The van der Waals surface area contributed by atoms with Crippen LogP contribution in [0.4, 0.5) is 0 Å². The lowest BCUT2D eigenvalue weighted by atomic mass is 9.87. The molecular weight excluding hydrogens is 506 g/mol. The number of likely N-dealkylation sites (tertiary alicyclic amines) is 1. The predicted molar refractivity (Wildman–Crippen MR) is 117 cm³/mol. The molecule has 1 aromatic carbocycles. The highest BCUT2D eigenvalue weighted by Crippen LogP contribution is 2.34. The molecule has 2 atom stereocenters. The third-order valence-electron chi connectivity index (χ3n) is 6.05. The molecule has 2 fully saturated rings. The monoisotopic (exact) mass is 531 g/mol. The number of sulfonamides is 1. The van der Waals surface area contributed by atoms with Gasteiger partial charge in [-0.25, -0.2) is 8.42 Å². The first-order valence-corrected chi connectivity index (χ1v) is 13.0. The summed E-state index contributed by atoms with van der Waals surface area (Å²) in [6.07, 6.45) is 9.96. The fourth-order valence-electron chi connectivity index (χ4n) is 4.44. The standard InChI is InChI=1S/C20H27Br2N3O2S/c1-15-11-18(13-24(15)14-23)25(10-9-16-5-3-2-4-6-16)28(26,27)20-12-17(21)7-8-19(20)22/h7-8,12,15-16,18H,2-6,9-11,13H2,1H3. The van der Waals surface area contributed by atoms with Gasteiger partial charge in [0, 0.05) is 34.1 Å². The number of nitrogens with zero attached hydrogens (tertiary/aromatic N) is 3. The Morgan fingerprint density at radius 1 is 1.25 bits per heavy atom. The highest BCUT2D eigenvalue weighted by atomic mass is 79.9. The average molecular weight is 533 g/mol. The van der Waals surface area contributed by atoms with E-state index >= 15 is 0 Å². The van der Waals surface area contributed by atoms with Crippen LogP contribution in [-0.2, 0) is 10.0 Å². The molecule has 1 aliphatic heterocycles. The maximum atomic E-state index is 13.6. The molecule has 0 N–H and O–H groups in total. The SMILES string of the molecule is CC1CC(N(CCC2CCCCC2)S(=O)(=O)c2cc(Br)ccc2Br)CN1C#N. The first-order chi connectivity index (χ1) is 13.3. The van der Waals surface area contributed by atoms with Gasteiger partial charge in [0.15, 0.2) is 6.19 Å². The summed E-state index contributed by atoms with van der Waals surface area (Å²) in [5.41, 5.74) is 0. The first-order valence-electron chi connectivity index (χ1n) is 9.96. The van der Waals surface area contributed by atoms with Gasteiger partial charge in [-0.15, -0.1) is 0 Å². The van der Waals surface area contributed by atoms with Gasteiger partial charge in [0.1, 0.15) is 0 Å². The normalized spacial score (nSPS) is 23.9. The molecule has 5 nitrogen and oxygen atoms in total. The molecule has 1 saturated heterocycles. The van der Waals surface area contributed by atoms with Crippen LogP contribution in [0.25, 0.3) is 0 Å². The van der Waals surface area contributed by atoms with E-state index in [1.807, 2.05) is 13.0 Å². The summed E-state index contributed by atoms with van der Waals surface area (Å²) >= 11 is 6.82. The molecule has 1 aromatic rings. The van der Waals surface area contributed by atoms with Crippen LogP contribution in [0.15, 0.2) is 32.0 Å². The minimum absolute atomic E-state index is 0.0633. The van der Waals surface area contributed by atoms with Gasteiger partial charge >= 0.3 is 0 Å². The van der Waals surface area contributed by atoms with E-state index in [1.54, 1.807) is 21.3 Å². The van der Waals surface area contributed by atoms with Crippen molar-refractivity contribution >= 4 is 41.9 Å². The fraction of sp³-hybridized carbons (Fsp3) is 0.650. The minimum atomic E-state index is -3.67. The summed E-state index contributed by atoms with van der Waals surface area (Å²) in [5, 5.41) is 9.36. The van der Waals surface area contributed by atoms with Crippen molar-refractivity contribution in [2.75, 3.05) is 13.1 Å². The van der Waals surface area contributed by atoms with E-state index in [4.69, 9.17) is 0 Å². The quantitative estimate of drug-likeness (QED) is 0.477. The van der Waals surface area contributed by atoms with Gasteiger partial charge in [-0.3, -0.25) is 0 Å². The predicted octanol–water partition coefficient (Wildman–Crippen LogP) is 5.12. The van der Waals surface area contributed by atoms with Gasteiger partial charge < -0.3 is 4.90 Å². The molecule has 1 heterocycles. The van der Waals surface area contributed by atoms with Gasteiger partial charge in [-0.05, 0) is 59.8 Å². The van der Waals surface area contributed by atoms with E-state index in [2.05, 4.69) is 38.1 Å². The van der Waals surface area contributed by atoms with Gasteiger partial charge in [-0.1, -0.05) is 48.0 Å². The Morgan fingerprint density at radius 2 is 1.96 bits per heavy atom. The maximum absolute atomic E-state index is 13.6. The van der Waals surface area contributed by atoms with Crippen molar-refractivity contribution in [3.8, 4) is 6.19 Å². The molecule has 154 valence electrons. The number of hydrogen-bond donors (Lipinski definition) is 0. The molecule has 0 amide bonds. The van der Waals surface area contributed by atoms with Crippen LogP contribution in [0, 0.1) is 17.4 Å². The molecule has 1 saturated carbocycles. The number of hydrogen-bond acceptors (Lipinski definition) is 4. The Morgan fingerprint density at radius 3 is 2.61 bits per heavy atom. The van der Waals surface area contributed by atoms with Crippen molar-refractivity contribution in [3.63, 3.8) is 0 Å². The van der Waals surface area contributed by atoms with E-state index < -0.39 is 10.0 Å². The Bertz CT molecular complexity index is 834. The zero-order chi connectivity index (χ0) is 20.3. The van der Waals surface area contributed by atoms with Crippen LogP contribution in [0.2, 0.25) is 0 Å². The molecule has 0 bridgehead atoms. The van der Waals surface area contributed by atoms with Crippen molar-refractivity contribution in [2.24, 2.45) is 5.92 Å². The second-order valence-corrected chi connectivity index (χ2v) is 11.6. The summed E-state index contributed by atoms with van der Waals surface area (Å²) in [6, 6.07) is 5.13. The second-order valence-electron chi connectivity index (χ2n) is 7.97. The highest BCUT2D eigenvalue weighted by molar-refractivity contribution is 9.11. The van der Waals surface area contributed by atoms with Gasteiger partial charge in [-0.2, -0.15) is 9.57 Å². The number of nitriles is 1. The van der Waals surface area contributed by atoms with Crippen molar-refractivity contribution in [3.05, 3.63) is 27.1 Å². The smallest absolute Gasteiger partial charge is 0.244 e. The number of rotatable bonds is 6. The van der Waals surface area contributed by atoms with Crippen LogP contribution < -0.4 is 0 Å². The van der Waals surface area contributed by atoms with Crippen LogP contribution in [0.5, 0.6) is 0 Å². The summed E-state index contributed by atoms with van der Waals surface area (Å²) < 4.78 is 30.3. The Labute approximate surface area is 185 Å². The van der Waals surface area contributed by atoms with E-state index in [0.29, 0.717) is 29.9 Å². The molecule has 1 aliphatic carbocycles. The summed E-state index contributed by atoms with van der Waals surface area (Å²) in [6.45, 7) is 2.97. The average Bonchev–Trinajstić information content (AvgIpc) is 3.04. The Kier molecular flexibility index (Phi) is 7.46.